The highest BCUT2D eigenvalue weighted by Crippen LogP contribution is 2.49. The lowest BCUT2D eigenvalue weighted by Gasteiger charge is -2.32. The van der Waals surface area contributed by atoms with Gasteiger partial charge in [-0.25, -0.2) is 0 Å². The molecule has 1 unspecified atom stereocenters. The van der Waals surface area contributed by atoms with E-state index in [-0.39, 0.29) is 6.10 Å². The second-order valence-electron chi connectivity index (χ2n) is 5.53. The maximum Gasteiger partial charge on any atom is 0.401 e. The fourth-order valence-corrected chi connectivity index (χ4v) is 3.13. The van der Waals surface area contributed by atoms with Crippen molar-refractivity contribution in [2.75, 3.05) is 19.6 Å². The molecular formula is C12H20F3NO. The van der Waals surface area contributed by atoms with Crippen molar-refractivity contribution in [3.8, 4) is 0 Å². The molecule has 2 aliphatic rings. The quantitative estimate of drug-likeness (QED) is 0.831. The number of rotatable bonds is 3. The molecular weight excluding hydrogens is 231 g/mol. The number of likely N-dealkylation sites (tertiary alicyclic amines) is 1. The lowest BCUT2D eigenvalue weighted by atomic mass is 9.90. The van der Waals surface area contributed by atoms with E-state index in [0.717, 1.165) is 19.3 Å². The van der Waals surface area contributed by atoms with Crippen molar-refractivity contribution in [1.29, 1.82) is 0 Å². The predicted molar refractivity (Wildman–Crippen MR) is 58.5 cm³/mol. The monoisotopic (exact) mass is 251 g/mol. The van der Waals surface area contributed by atoms with Crippen LogP contribution in [-0.4, -0.2) is 41.9 Å². The van der Waals surface area contributed by atoms with Gasteiger partial charge >= 0.3 is 6.18 Å². The molecule has 2 rings (SSSR count). The van der Waals surface area contributed by atoms with Gasteiger partial charge in [0, 0.05) is 0 Å². The number of hydrogen-bond donors (Lipinski definition) is 1. The minimum atomic E-state index is -4.07. The van der Waals surface area contributed by atoms with Crippen LogP contribution in [0.2, 0.25) is 0 Å². The van der Waals surface area contributed by atoms with Crippen LogP contribution in [0, 0.1) is 17.8 Å². The number of aliphatic hydroxyl groups is 1. The van der Waals surface area contributed by atoms with Crippen molar-refractivity contribution >= 4 is 0 Å². The van der Waals surface area contributed by atoms with Crippen LogP contribution in [0.15, 0.2) is 0 Å². The molecule has 17 heavy (non-hydrogen) atoms. The summed E-state index contributed by atoms with van der Waals surface area (Å²) in [4.78, 5) is 1.50. The second kappa shape index (κ2) is 4.76. The van der Waals surface area contributed by atoms with Crippen molar-refractivity contribution < 1.29 is 18.3 Å². The van der Waals surface area contributed by atoms with E-state index in [9.17, 15) is 18.3 Å². The first kappa shape index (κ1) is 13.1. The normalized spacial score (nSPS) is 33.7. The van der Waals surface area contributed by atoms with Crippen molar-refractivity contribution in [2.24, 2.45) is 17.8 Å². The van der Waals surface area contributed by atoms with Gasteiger partial charge in [0.05, 0.1) is 12.6 Å². The van der Waals surface area contributed by atoms with Crippen molar-refractivity contribution in [3.05, 3.63) is 0 Å². The smallest absolute Gasteiger partial charge is 0.393 e. The zero-order chi connectivity index (χ0) is 12.6. The second-order valence-corrected chi connectivity index (χ2v) is 5.53. The van der Waals surface area contributed by atoms with Crippen LogP contribution in [0.25, 0.3) is 0 Å². The molecule has 1 N–H and O–H groups in total. The Balaban J connectivity index is 1.72. The summed E-state index contributed by atoms with van der Waals surface area (Å²) in [6.45, 7) is 2.13. The number of halogens is 3. The molecule has 100 valence electrons. The third-order valence-corrected chi connectivity index (χ3v) is 4.15. The van der Waals surface area contributed by atoms with Crippen LogP contribution in [0.5, 0.6) is 0 Å². The van der Waals surface area contributed by atoms with Crippen LogP contribution < -0.4 is 0 Å². The molecule has 3 atom stereocenters. The third-order valence-electron chi connectivity index (χ3n) is 4.15. The Morgan fingerprint density at radius 2 is 1.88 bits per heavy atom. The standard InChI is InChI=1S/C12H20F3NO/c1-8(17)10-6-11(10)9-2-4-16(5-3-9)7-12(13,14)15/h8-11,17H,2-7H2,1H3/t8?,10-,11-/m1/s1. The molecule has 2 nitrogen and oxygen atoms in total. The summed E-state index contributed by atoms with van der Waals surface area (Å²) in [5.74, 6) is 1.48. The van der Waals surface area contributed by atoms with E-state index in [0.29, 0.717) is 30.8 Å². The number of nitrogens with zero attached hydrogens (tertiary/aromatic N) is 1. The van der Waals surface area contributed by atoms with Gasteiger partial charge in [0.1, 0.15) is 0 Å². The molecule has 0 aromatic heterocycles. The van der Waals surface area contributed by atoms with E-state index in [1.165, 1.54) is 4.90 Å². The topological polar surface area (TPSA) is 23.5 Å². The predicted octanol–water partition coefficient (Wildman–Crippen LogP) is 2.28. The fourth-order valence-electron chi connectivity index (χ4n) is 3.13. The highest BCUT2D eigenvalue weighted by Gasteiger charge is 2.46. The van der Waals surface area contributed by atoms with E-state index < -0.39 is 12.7 Å². The summed E-state index contributed by atoms with van der Waals surface area (Å²) in [5.41, 5.74) is 0. The molecule has 5 heteroatoms. The summed E-state index contributed by atoms with van der Waals surface area (Å²) in [7, 11) is 0. The summed E-state index contributed by atoms with van der Waals surface area (Å²) >= 11 is 0. The average molecular weight is 251 g/mol. The van der Waals surface area contributed by atoms with E-state index in [2.05, 4.69) is 0 Å². The molecule has 1 saturated carbocycles. The highest BCUT2D eigenvalue weighted by atomic mass is 19.4. The Kier molecular flexibility index (Phi) is 3.69. The Hall–Kier alpha value is -0.290. The molecule has 0 aromatic rings. The van der Waals surface area contributed by atoms with Gasteiger partial charge in [-0.15, -0.1) is 0 Å². The molecule has 1 aliphatic heterocycles. The number of alkyl halides is 3. The summed E-state index contributed by atoms with van der Waals surface area (Å²) in [6, 6.07) is 0. The van der Waals surface area contributed by atoms with Gasteiger partial charge < -0.3 is 5.11 Å². The molecule has 0 amide bonds. The first-order valence-electron chi connectivity index (χ1n) is 6.34. The Morgan fingerprint density at radius 1 is 1.29 bits per heavy atom. The zero-order valence-corrected chi connectivity index (χ0v) is 10.1. The molecule has 0 bridgehead atoms. The van der Waals surface area contributed by atoms with Gasteiger partial charge in [0.15, 0.2) is 0 Å². The van der Waals surface area contributed by atoms with Crippen LogP contribution >= 0.6 is 0 Å². The average Bonchev–Trinajstić information content (AvgIpc) is 2.96. The Bertz CT molecular complexity index is 259. The SMILES string of the molecule is CC(O)[C@H]1C[C@@H]1C1CCN(CC(F)(F)F)CC1. The van der Waals surface area contributed by atoms with Gasteiger partial charge in [-0.3, -0.25) is 4.90 Å². The summed E-state index contributed by atoms with van der Waals surface area (Å²) in [5, 5.41) is 9.44. The molecule has 0 spiro atoms. The van der Waals surface area contributed by atoms with Gasteiger partial charge in [0.25, 0.3) is 0 Å². The van der Waals surface area contributed by atoms with Crippen molar-refractivity contribution in [2.45, 2.75) is 38.5 Å². The Morgan fingerprint density at radius 3 is 2.29 bits per heavy atom. The van der Waals surface area contributed by atoms with Crippen LogP contribution in [0.3, 0.4) is 0 Å². The highest BCUT2D eigenvalue weighted by molar-refractivity contribution is 4.95. The van der Waals surface area contributed by atoms with Gasteiger partial charge in [-0.2, -0.15) is 13.2 Å². The fraction of sp³-hybridized carbons (Fsp3) is 1.00. The summed E-state index contributed by atoms with van der Waals surface area (Å²) < 4.78 is 36.6. The van der Waals surface area contributed by atoms with Crippen LogP contribution in [0.1, 0.15) is 26.2 Å². The van der Waals surface area contributed by atoms with Crippen molar-refractivity contribution in [1.82, 2.24) is 4.90 Å². The minimum Gasteiger partial charge on any atom is -0.393 e. The van der Waals surface area contributed by atoms with E-state index in [1.54, 1.807) is 0 Å². The molecule has 0 radical (unpaired) electrons. The third kappa shape index (κ3) is 3.58. The zero-order valence-electron chi connectivity index (χ0n) is 10.1. The molecule has 1 saturated heterocycles. The first-order chi connectivity index (χ1) is 7.87. The Labute approximate surface area is 99.8 Å². The van der Waals surface area contributed by atoms with E-state index in [4.69, 9.17) is 0 Å². The maximum absolute atomic E-state index is 12.2. The molecule has 2 fully saturated rings. The number of hydrogen-bond acceptors (Lipinski definition) is 2. The van der Waals surface area contributed by atoms with E-state index >= 15 is 0 Å². The molecule has 1 heterocycles. The number of aliphatic hydroxyl groups excluding tert-OH is 1. The molecule has 0 aromatic carbocycles. The van der Waals surface area contributed by atoms with Crippen molar-refractivity contribution in [3.63, 3.8) is 0 Å². The largest absolute Gasteiger partial charge is 0.401 e. The van der Waals surface area contributed by atoms with E-state index in [1.807, 2.05) is 6.92 Å². The molecule has 1 aliphatic carbocycles. The van der Waals surface area contributed by atoms with Gasteiger partial charge in [-0.05, 0) is 57.0 Å². The lowest BCUT2D eigenvalue weighted by molar-refractivity contribution is -0.148. The van der Waals surface area contributed by atoms with Gasteiger partial charge in [0.2, 0.25) is 0 Å². The van der Waals surface area contributed by atoms with Crippen LogP contribution in [0.4, 0.5) is 13.2 Å². The summed E-state index contributed by atoms with van der Waals surface area (Å²) in [6.07, 6.45) is -1.57. The first-order valence-corrected chi connectivity index (χ1v) is 6.34. The van der Waals surface area contributed by atoms with Crippen LogP contribution in [-0.2, 0) is 0 Å². The lowest BCUT2D eigenvalue weighted by Crippen LogP contribution is -2.40. The minimum absolute atomic E-state index is 0.256. The number of piperidine rings is 1. The maximum atomic E-state index is 12.2. The van der Waals surface area contributed by atoms with Gasteiger partial charge in [-0.1, -0.05) is 0 Å².